The van der Waals surface area contributed by atoms with Crippen LogP contribution in [0, 0.1) is 28.6 Å². The van der Waals surface area contributed by atoms with Gasteiger partial charge < -0.3 is 28.4 Å². The number of rotatable bonds is 2. The molecule has 3 aliphatic heterocycles. The molecule has 7 aliphatic rings. The molecule has 3 saturated carbocycles. The van der Waals surface area contributed by atoms with Gasteiger partial charge in [0, 0.05) is 30.1 Å². The molecule has 4 aliphatic carbocycles. The lowest BCUT2D eigenvalue weighted by atomic mass is 9.44. The van der Waals surface area contributed by atoms with E-state index >= 15 is 0 Å². The second-order valence-electron chi connectivity index (χ2n) is 12.8. The summed E-state index contributed by atoms with van der Waals surface area (Å²) in [6.45, 7) is 7.70. The zero-order chi connectivity index (χ0) is 24.4. The molecule has 0 radical (unpaired) electrons. The van der Waals surface area contributed by atoms with Crippen LogP contribution in [0.1, 0.15) is 57.9 Å². The van der Waals surface area contributed by atoms with E-state index in [1.54, 1.807) is 7.11 Å². The fourth-order valence-corrected chi connectivity index (χ4v) is 9.90. The maximum absolute atomic E-state index is 6.80. The standard InChI is InChI=1S/C30H38O6/c1-26-10-11-28(32-12-13-33-28)18-29(26)24(36-29)16-21-23-8-9-30(34-14-15-35-30)27(23,2)17-22(25(21)26)19-4-6-20(31-3)7-5-19/h4-7,17,21,23-25H,8-16,18H2,1-3H3/t21-,23-,24-,25+,26+,27-,29-/m0/s1. The van der Waals surface area contributed by atoms with Gasteiger partial charge in [-0.05, 0) is 60.3 Å². The second-order valence-corrected chi connectivity index (χ2v) is 12.8. The molecule has 6 fully saturated rings. The van der Waals surface area contributed by atoms with Gasteiger partial charge >= 0.3 is 0 Å². The van der Waals surface area contributed by atoms with Gasteiger partial charge in [-0.15, -0.1) is 0 Å². The van der Waals surface area contributed by atoms with Gasteiger partial charge in [0.25, 0.3) is 0 Å². The van der Waals surface area contributed by atoms with Gasteiger partial charge in [0.15, 0.2) is 11.6 Å². The number of ether oxygens (including phenoxy) is 6. The summed E-state index contributed by atoms with van der Waals surface area (Å²) in [7, 11) is 1.73. The molecule has 1 aromatic carbocycles. The van der Waals surface area contributed by atoms with Gasteiger partial charge in [-0.2, -0.15) is 0 Å². The Labute approximate surface area is 213 Å². The van der Waals surface area contributed by atoms with Gasteiger partial charge in [0.05, 0.1) is 39.6 Å². The van der Waals surface area contributed by atoms with Crippen LogP contribution in [0.15, 0.2) is 30.3 Å². The summed E-state index contributed by atoms with van der Waals surface area (Å²) in [5.74, 6) is 1.42. The van der Waals surface area contributed by atoms with Gasteiger partial charge in [-0.1, -0.05) is 32.1 Å². The molecule has 3 spiro atoms. The summed E-state index contributed by atoms with van der Waals surface area (Å²) in [4.78, 5) is 0. The quantitative estimate of drug-likeness (QED) is 0.542. The summed E-state index contributed by atoms with van der Waals surface area (Å²) < 4.78 is 37.7. The minimum absolute atomic E-state index is 0.0291. The molecule has 8 rings (SSSR count). The molecular weight excluding hydrogens is 456 g/mol. The molecule has 0 aromatic heterocycles. The van der Waals surface area contributed by atoms with Crippen LogP contribution in [-0.2, 0) is 23.7 Å². The molecular formula is C30H38O6. The summed E-state index contributed by atoms with van der Waals surface area (Å²) in [6.07, 6.45) is 8.94. The number of methoxy groups -OCH3 is 1. The normalized spacial score (nSPS) is 47.1. The third-order valence-electron chi connectivity index (χ3n) is 11.6. The van der Waals surface area contributed by atoms with Gasteiger partial charge in [0.1, 0.15) is 11.4 Å². The van der Waals surface area contributed by atoms with Crippen LogP contribution >= 0.6 is 0 Å². The van der Waals surface area contributed by atoms with E-state index in [0.717, 1.165) is 44.3 Å². The lowest BCUT2D eigenvalue weighted by molar-refractivity contribution is -0.227. The van der Waals surface area contributed by atoms with Crippen LogP contribution in [0.5, 0.6) is 5.75 Å². The van der Waals surface area contributed by atoms with Crippen molar-refractivity contribution in [1.82, 2.24) is 0 Å². The first-order chi connectivity index (χ1) is 17.4. The Morgan fingerprint density at radius 2 is 1.61 bits per heavy atom. The van der Waals surface area contributed by atoms with Crippen molar-refractivity contribution in [2.75, 3.05) is 33.5 Å². The Balaban J connectivity index is 1.28. The zero-order valence-corrected chi connectivity index (χ0v) is 21.7. The molecule has 0 amide bonds. The maximum Gasteiger partial charge on any atom is 0.177 e. The summed E-state index contributed by atoms with van der Waals surface area (Å²) in [5.41, 5.74) is 2.45. The van der Waals surface area contributed by atoms with E-state index in [9.17, 15) is 0 Å². The van der Waals surface area contributed by atoms with Crippen LogP contribution in [0.2, 0.25) is 0 Å². The first-order valence-corrected chi connectivity index (χ1v) is 14.0. The Morgan fingerprint density at radius 1 is 0.889 bits per heavy atom. The highest BCUT2D eigenvalue weighted by atomic mass is 16.7. The molecule has 7 atom stereocenters. The zero-order valence-electron chi connectivity index (χ0n) is 21.7. The fourth-order valence-electron chi connectivity index (χ4n) is 9.90. The number of fused-ring (bicyclic) bond motifs is 5. The van der Waals surface area contributed by atoms with Crippen molar-refractivity contribution in [3.05, 3.63) is 35.9 Å². The average Bonchev–Trinajstić information content (AvgIpc) is 3.24. The van der Waals surface area contributed by atoms with Crippen LogP contribution < -0.4 is 4.74 Å². The summed E-state index contributed by atoms with van der Waals surface area (Å²) >= 11 is 0. The SMILES string of the molecule is COc1ccc(C2=C[C@@]3(C)[C@@H](CCC34OCCO4)[C@@H]3C[C@@H]4O[C@@]45CC4(CC[C@]5(C)[C@@H]23)OCCO4)cc1. The minimum Gasteiger partial charge on any atom is -0.497 e. The molecule has 0 N–H and O–H groups in total. The van der Waals surface area contributed by atoms with Crippen molar-refractivity contribution < 1.29 is 28.4 Å². The molecule has 0 unspecified atom stereocenters. The first kappa shape index (κ1) is 22.5. The molecule has 1 aromatic rings. The monoisotopic (exact) mass is 494 g/mol. The summed E-state index contributed by atoms with van der Waals surface area (Å²) in [6, 6.07) is 8.68. The third kappa shape index (κ3) is 2.61. The Bertz CT molecular complexity index is 1100. The van der Waals surface area contributed by atoms with E-state index in [2.05, 4.69) is 44.2 Å². The van der Waals surface area contributed by atoms with E-state index in [0.29, 0.717) is 44.2 Å². The number of allylic oxidation sites excluding steroid dienone is 1. The van der Waals surface area contributed by atoms with Gasteiger partial charge in [-0.25, -0.2) is 0 Å². The van der Waals surface area contributed by atoms with E-state index in [-0.39, 0.29) is 22.5 Å². The minimum atomic E-state index is -0.498. The molecule has 6 heteroatoms. The van der Waals surface area contributed by atoms with Crippen molar-refractivity contribution in [2.45, 2.75) is 75.7 Å². The maximum atomic E-state index is 6.80. The topological polar surface area (TPSA) is 58.7 Å². The fraction of sp³-hybridized carbons (Fsp3) is 0.733. The van der Waals surface area contributed by atoms with Crippen LogP contribution in [0.25, 0.3) is 5.57 Å². The molecule has 3 saturated heterocycles. The Hall–Kier alpha value is -1.44. The predicted octanol–water partition coefficient (Wildman–Crippen LogP) is 4.96. The number of benzene rings is 1. The second kappa shape index (κ2) is 7.15. The highest BCUT2D eigenvalue weighted by molar-refractivity contribution is 5.72. The van der Waals surface area contributed by atoms with Crippen molar-refractivity contribution in [2.24, 2.45) is 28.6 Å². The van der Waals surface area contributed by atoms with Crippen molar-refractivity contribution in [3.8, 4) is 5.75 Å². The highest BCUT2D eigenvalue weighted by Crippen LogP contribution is 2.76. The lowest BCUT2D eigenvalue weighted by Crippen LogP contribution is -2.61. The molecule has 0 bridgehead atoms. The molecule has 36 heavy (non-hydrogen) atoms. The van der Waals surface area contributed by atoms with E-state index in [4.69, 9.17) is 28.4 Å². The Kier molecular flexibility index (Phi) is 4.47. The lowest BCUT2D eigenvalue weighted by Gasteiger charge is -2.60. The van der Waals surface area contributed by atoms with Crippen LogP contribution in [0.3, 0.4) is 0 Å². The smallest absolute Gasteiger partial charge is 0.177 e. The number of hydrogen-bond acceptors (Lipinski definition) is 6. The van der Waals surface area contributed by atoms with E-state index in [1.807, 2.05) is 0 Å². The van der Waals surface area contributed by atoms with Crippen molar-refractivity contribution in [3.63, 3.8) is 0 Å². The predicted molar refractivity (Wildman–Crippen MR) is 132 cm³/mol. The average molecular weight is 495 g/mol. The summed E-state index contributed by atoms with van der Waals surface area (Å²) in [5, 5.41) is 0. The van der Waals surface area contributed by atoms with Crippen molar-refractivity contribution >= 4 is 5.57 Å². The first-order valence-electron chi connectivity index (χ1n) is 14.0. The highest BCUT2D eigenvalue weighted by Gasteiger charge is 2.79. The molecule has 194 valence electrons. The van der Waals surface area contributed by atoms with Crippen molar-refractivity contribution in [1.29, 1.82) is 0 Å². The van der Waals surface area contributed by atoms with Gasteiger partial charge in [0.2, 0.25) is 0 Å². The van der Waals surface area contributed by atoms with Crippen LogP contribution in [0.4, 0.5) is 0 Å². The van der Waals surface area contributed by atoms with E-state index in [1.165, 1.54) is 11.1 Å². The Morgan fingerprint density at radius 3 is 2.33 bits per heavy atom. The van der Waals surface area contributed by atoms with Crippen LogP contribution in [-0.4, -0.2) is 56.8 Å². The van der Waals surface area contributed by atoms with E-state index < -0.39 is 11.6 Å². The number of hydrogen-bond donors (Lipinski definition) is 0. The molecule has 3 heterocycles. The van der Waals surface area contributed by atoms with Gasteiger partial charge in [-0.3, -0.25) is 0 Å². The third-order valence-corrected chi connectivity index (χ3v) is 11.6. The largest absolute Gasteiger partial charge is 0.497 e. The molecule has 6 nitrogen and oxygen atoms in total. The number of epoxide rings is 1.